The van der Waals surface area contributed by atoms with Gasteiger partial charge in [-0.1, -0.05) is 50.5 Å². The average molecular weight is 829 g/mol. The number of aromatic amines is 2. The van der Waals surface area contributed by atoms with Crippen LogP contribution in [0.5, 0.6) is 17.2 Å². The van der Waals surface area contributed by atoms with E-state index in [1.54, 1.807) is 45.6 Å². The highest BCUT2D eigenvalue weighted by molar-refractivity contribution is 5.99. The molecule has 0 spiro atoms. The summed E-state index contributed by atoms with van der Waals surface area (Å²) in [7, 11) is 7.52. The standard InChI is InChI=1S/C51H48N4O7/c1-7-8-9-10-11-35-36-20-22-38(52-36)46(30-12-16-32(17-13-30)50(56)61-5)40-24-26-42(54-40)48(34-28-44(58-2)49(60-4)45(29-34)59-3)43-27-25-41(55-43)47(39-23-21-37(35)53-39)31-14-18-33(19-15-31)51(57)62-6/h12-29,52,55H,7-11H2,1-6H3. The van der Waals surface area contributed by atoms with E-state index in [9.17, 15) is 9.59 Å². The highest BCUT2D eigenvalue weighted by Crippen LogP contribution is 2.44. The maximum Gasteiger partial charge on any atom is 0.337 e. The molecule has 2 aliphatic heterocycles. The molecule has 11 nitrogen and oxygen atoms in total. The van der Waals surface area contributed by atoms with Crippen LogP contribution in [0.2, 0.25) is 0 Å². The minimum atomic E-state index is -0.409. The van der Waals surface area contributed by atoms with Crippen LogP contribution in [-0.4, -0.2) is 67.4 Å². The molecule has 0 unspecified atom stereocenters. The van der Waals surface area contributed by atoms with E-state index in [1.807, 2.05) is 60.7 Å². The van der Waals surface area contributed by atoms with Gasteiger partial charge in [0.1, 0.15) is 0 Å². The van der Waals surface area contributed by atoms with Crippen molar-refractivity contribution in [1.82, 2.24) is 19.9 Å². The van der Waals surface area contributed by atoms with Gasteiger partial charge in [0.15, 0.2) is 11.5 Å². The van der Waals surface area contributed by atoms with Crippen molar-refractivity contribution in [3.05, 3.63) is 124 Å². The Morgan fingerprint density at radius 2 is 0.935 bits per heavy atom. The van der Waals surface area contributed by atoms with Crippen molar-refractivity contribution in [1.29, 1.82) is 0 Å². The first-order chi connectivity index (χ1) is 30.3. The van der Waals surface area contributed by atoms with E-state index < -0.39 is 11.9 Å². The molecule has 11 heteroatoms. The molecule has 0 amide bonds. The number of aryl methyl sites for hydroxylation is 1. The van der Waals surface area contributed by atoms with Gasteiger partial charge in [0.2, 0.25) is 5.75 Å². The molecule has 0 fully saturated rings. The molecule has 314 valence electrons. The minimum Gasteiger partial charge on any atom is -0.493 e. The largest absolute Gasteiger partial charge is 0.493 e. The van der Waals surface area contributed by atoms with E-state index in [1.165, 1.54) is 14.2 Å². The number of carbonyl (C=O) groups excluding carboxylic acids is 2. The van der Waals surface area contributed by atoms with Gasteiger partial charge in [-0.2, -0.15) is 0 Å². The number of esters is 2. The molecule has 8 bridgehead atoms. The maximum absolute atomic E-state index is 12.5. The average Bonchev–Trinajstić information content (AvgIpc) is 4.16. The van der Waals surface area contributed by atoms with Gasteiger partial charge in [-0.15, -0.1) is 0 Å². The Hall–Kier alpha value is -7.40. The Labute approximate surface area is 360 Å². The summed E-state index contributed by atoms with van der Waals surface area (Å²) >= 11 is 0. The molecule has 0 aliphatic carbocycles. The zero-order valence-electron chi connectivity index (χ0n) is 35.7. The number of H-pyrrole nitrogens is 2. The van der Waals surface area contributed by atoms with Crippen LogP contribution >= 0.6 is 0 Å². The molecule has 6 aromatic rings. The SMILES string of the molecule is CCCCCCc1c2nc(c(-c3ccc(C(=O)OC)cc3)c3ccc([nH]3)c(-c3cc(OC)c(OC)c(OC)c3)c3nc(c(-c4ccc(C(=O)OC)cc4)c4ccc1[nH]4)C=C3)C=C2. The number of aromatic nitrogens is 4. The summed E-state index contributed by atoms with van der Waals surface area (Å²) in [6.45, 7) is 2.21. The highest BCUT2D eigenvalue weighted by atomic mass is 16.5. The number of rotatable bonds is 13. The van der Waals surface area contributed by atoms with Crippen LogP contribution in [-0.2, 0) is 15.9 Å². The fraction of sp³-hybridized carbons (Fsp3) is 0.216. The number of fused-ring (bicyclic) bond motifs is 8. The third kappa shape index (κ3) is 7.97. The second-order valence-corrected chi connectivity index (χ2v) is 15.0. The van der Waals surface area contributed by atoms with E-state index >= 15 is 0 Å². The van der Waals surface area contributed by atoms with Crippen LogP contribution in [0, 0.1) is 0 Å². The molecule has 3 aromatic heterocycles. The summed E-state index contributed by atoms with van der Waals surface area (Å²) < 4.78 is 27.4. The lowest BCUT2D eigenvalue weighted by Crippen LogP contribution is -2.00. The first-order valence-electron chi connectivity index (χ1n) is 20.6. The first-order valence-corrected chi connectivity index (χ1v) is 20.6. The normalized spacial score (nSPS) is 11.7. The van der Waals surface area contributed by atoms with Crippen LogP contribution in [0.1, 0.15) is 81.7 Å². The third-order valence-corrected chi connectivity index (χ3v) is 11.3. The number of hydrogen-bond donors (Lipinski definition) is 2. The molecule has 3 aromatic carbocycles. The molecule has 0 saturated carbocycles. The molecule has 5 heterocycles. The topological polar surface area (TPSA) is 138 Å². The van der Waals surface area contributed by atoms with Gasteiger partial charge in [0.05, 0.1) is 69.5 Å². The zero-order chi connectivity index (χ0) is 43.3. The molecule has 0 radical (unpaired) electrons. The fourth-order valence-corrected chi connectivity index (χ4v) is 8.17. The highest BCUT2D eigenvalue weighted by Gasteiger charge is 2.22. The second kappa shape index (κ2) is 18.1. The lowest BCUT2D eigenvalue weighted by molar-refractivity contribution is 0.0592. The van der Waals surface area contributed by atoms with Gasteiger partial charge in [0.25, 0.3) is 0 Å². The number of unbranched alkanes of at least 4 members (excludes halogenated alkanes) is 3. The number of hydrogen-bond acceptors (Lipinski definition) is 9. The predicted octanol–water partition coefficient (Wildman–Crippen LogP) is 11.4. The molecular formula is C51H48N4O7. The summed E-state index contributed by atoms with van der Waals surface area (Å²) in [6.07, 6.45) is 13.4. The Morgan fingerprint density at radius 1 is 0.500 bits per heavy atom. The van der Waals surface area contributed by atoms with Crippen molar-refractivity contribution >= 4 is 58.3 Å². The van der Waals surface area contributed by atoms with E-state index in [0.717, 1.165) is 110 Å². The molecule has 2 aliphatic rings. The number of nitrogens with zero attached hydrogens (tertiary/aromatic N) is 2. The van der Waals surface area contributed by atoms with Crippen molar-refractivity contribution in [2.75, 3.05) is 35.5 Å². The van der Waals surface area contributed by atoms with Crippen LogP contribution in [0.25, 0.3) is 79.8 Å². The van der Waals surface area contributed by atoms with E-state index in [4.69, 9.17) is 33.7 Å². The minimum absolute atomic E-state index is 0.409. The summed E-state index contributed by atoms with van der Waals surface area (Å²) in [5.74, 6) is 0.631. The monoisotopic (exact) mass is 828 g/mol. The summed E-state index contributed by atoms with van der Waals surface area (Å²) in [5.41, 5.74) is 13.4. The van der Waals surface area contributed by atoms with Gasteiger partial charge in [-0.3, -0.25) is 0 Å². The maximum atomic E-state index is 12.5. The van der Waals surface area contributed by atoms with Crippen molar-refractivity contribution < 1.29 is 33.3 Å². The fourth-order valence-electron chi connectivity index (χ4n) is 8.17. The van der Waals surface area contributed by atoms with E-state index in [-0.39, 0.29) is 0 Å². The Bertz CT molecular complexity index is 2820. The number of nitrogens with one attached hydrogen (secondary N) is 2. The van der Waals surface area contributed by atoms with Crippen LogP contribution in [0.4, 0.5) is 0 Å². The number of methoxy groups -OCH3 is 5. The Balaban J connectivity index is 1.50. The first kappa shape index (κ1) is 41.3. The lowest BCUT2D eigenvalue weighted by atomic mass is 10.0. The van der Waals surface area contributed by atoms with Crippen LogP contribution in [0.3, 0.4) is 0 Å². The second-order valence-electron chi connectivity index (χ2n) is 15.0. The van der Waals surface area contributed by atoms with E-state index in [0.29, 0.717) is 34.1 Å². The smallest absolute Gasteiger partial charge is 0.337 e. The van der Waals surface area contributed by atoms with Crippen LogP contribution < -0.4 is 14.2 Å². The lowest BCUT2D eigenvalue weighted by Gasteiger charge is -2.15. The predicted molar refractivity (Wildman–Crippen MR) is 245 cm³/mol. The van der Waals surface area contributed by atoms with Gasteiger partial charge in [-0.05, 0) is 114 Å². The zero-order valence-corrected chi connectivity index (χ0v) is 35.7. The third-order valence-electron chi connectivity index (χ3n) is 11.3. The molecule has 0 atom stereocenters. The number of ether oxygens (including phenoxy) is 5. The molecule has 8 rings (SSSR count). The van der Waals surface area contributed by atoms with Gasteiger partial charge in [-0.25, -0.2) is 19.6 Å². The molecular weight excluding hydrogens is 781 g/mol. The van der Waals surface area contributed by atoms with Gasteiger partial charge < -0.3 is 33.7 Å². The van der Waals surface area contributed by atoms with Gasteiger partial charge in [0, 0.05) is 44.3 Å². The van der Waals surface area contributed by atoms with Crippen LogP contribution in [0.15, 0.2) is 84.9 Å². The van der Waals surface area contributed by atoms with Crippen molar-refractivity contribution in [3.63, 3.8) is 0 Å². The quantitative estimate of drug-likeness (QED) is 0.0859. The number of carbonyl (C=O) groups is 2. The summed E-state index contributed by atoms with van der Waals surface area (Å²) in [6, 6.07) is 26.9. The Morgan fingerprint density at radius 3 is 1.39 bits per heavy atom. The summed E-state index contributed by atoms with van der Waals surface area (Å²) in [4.78, 5) is 43.2. The van der Waals surface area contributed by atoms with Gasteiger partial charge >= 0.3 is 11.9 Å². The summed E-state index contributed by atoms with van der Waals surface area (Å²) in [5, 5.41) is 0. The molecule has 0 saturated heterocycles. The Kier molecular flexibility index (Phi) is 12.0. The molecule has 2 N–H and O–H groups in total. The van der Waals surface area contributed by atoms with Crippen molar-refractivity contribution in [3.8, 4) is 50.6 Å². The van der Waals surface area contributed by atoms with Crippen molar-refractivity contribution in [2.24, 2.45) is 0 Å². The number of benzene rings is 3. The van der Waals surface area contributed by atoms with E-state index in [2.05, 4.69) is 41.2 Å². The van der Waals surface area contributed by atoms with Crippen molar-refractivity contribution in [2.45, 2.75) is 39.0 Å². The molecule has 62 heavy (non-hydrogen) atoms.